The fourth-order valence-electron chi connectivity index (χ4n) is 1.71. The van der Waals surface area contributed by atoms with Crippen LogP contribution in [0.25, 0.3) is 0 Å². The highest BCUT2D eigenvalue weighted by Crippen LogP contribution is 2.14. The summed E-state index contributed by atoms with van der Waals surface area (Å²) in [5.41, 5.74) is 1.55. The highest BCUT2D eigenvalue weighted by molar-refractivity contribution is 5.76. The standard InChI is InChI=1S/C13H14N2O3/c16-13(17)12(10-4-2-1-3-5-10)9-14-8-11-6-7-18-15-11/h1-7,12,14H,8-9H2,(H,16,17). The SMILES string of the molecule is O=C(O)C(CNCc1ccon1)c1ccccc1. The average Bonchev–Trinajstić information content (AvgIpc) is 2.88. The quantitative estimate of drug-likeness (QED) is 0.810. The first-order chi connectivity index (χ1) is 8.77. The van der Waals surface area contributed by atoms with Crippen LogP contribution in [0.1, 0.15) is 17.2 Å². The molecule has 0 saturated heterocycles. The number of hydrogen-bond acceptors (Lipinski definition) is 4. The smallest absolute Gasteiger partial charge is 0.312 e. The van der Waals surface area contributed by atoms with Gasteiger partial charge in [-0.25, -0.2) is 0 Å². The Hall–Kier alpha value is -2.14. The van der Waals surface area contributed by atoms with E-state index in [9.17, 15) is 9.90 Å². The molecule has 0 bridgehead atoms. The molecule has 0 saturated carbocycles. The zero-order valence-corrected chi connectivity index (χ0v) is 9.74. The van der Waals surface area contributed by atoms with Gasteiger partial charge in [0.2, 0.25) is 0 Å². The number of rotatable bonds is 6. The molecule has 1 atom stereocenters. The molecule has 0 aliphatic heterocycles. The van der Waals surface area contributed by atoms with E-state index in [4.69, 9.17) is 4.52 Å². The van der Waals surface area contributed by atoms with E-state index in [1.165, 1.54) is 6.26 Å². The van der Waals surface area contributed by atoms with Crippen LogP contribution in [0.4, 0.5) is 0 Å². The summed E-state index contributed by atoms with van der Waals surface area (Å²) in [6.07, 6.45) is 1.49. The molecule has 1 aromatic carbocycles. The molecule has 5 nitrogen and oxygen atoms in total. The lowest BCUT2D eigenvalue weighted by Gasteiger charge is -2.13. The first kappa shape index (κ1) is 12.3. The predicted octanol–water partition coefficient (Wildman–Crippen LogP) is 1.63. The summed E-state index contributed by atoms with van der Waals surface area (Å²) in [5.74, 6) is -1.40. The first-order valence-electron chi connectivity index (χ1n) is 5.65. The molecule has 2 aromatic rings. The molecule has 0 radical (unpaired) electrons. The number of hydrogen-bond donors (Lipinski definition) is 2. The number of aliphatic carboxylic acids is 1. The lowest BCUT2D eigenvalue weighted by molar-refractivity contribution is -0.138. The molecule has 0 amide bonds. The van der Waals surface area contributed by atoms with Crippen molar-refractivity contribution < 1.29 is 14.4 Å². The zero-order valence-electron chi connectivity index (χ0n) is 9.74. The molecule has 0 aliphatic carbocycles. The summed E-state index contributed by atoms with van der Waals surface area (Å²) in [6, 6.07) is 10.9. The molecule has 2 rings (SSSR count). The Morgan fingerprint density at radius 3 is 2.72 bits per heavy atom. The molecule has 0 aliphatic rings. The maximum Gasteiger partial charge on any atom is 0.312 e. The van der Waals surface area contributed by atoms with Crippen molar-refractivity contribution in [1.29, 1.82) is 0 Å². The van der Waals surface area contributed by atoms with Crippen molar-refractivity contribution in [3.8, 4) is 0 Å². The van der Waals surface area contributed by atoms with Crippen LogP contribution in [0.2, 0.25) is 0 Å². The highest BCUT2D eigenvalue weighted by atomic mass is 16.5. The number of carboxylic acid groups (broad SMARTS) is 1. The van der Waals surface area contributed by atoms with Crippen LogP contribution in [0.5, 0.6) is 0 Å². The Morgan fingerprint density at radius 1 is 1.33 bits per heavy atom. The summed E-state index contributed by atoms with van der Waals surface area (Å²) in [5, 5.41) is 16.0. The second-order valence-corrected chi connectivity index (χ2v) is 3.92. The van der Waals surface area contributed by atoms with Crippen LogP contribution in [-0.4, -0.2) is 22.8 Å². The van der Waals surface area contributed by atoms with Crippen molar-refractivity contribution >= 4 is 5.97 Å². The van der Waals surface area contributed by atoms with Gasteiger partial charge >= 0.3 is 5.97 Å². The summed E-state index contributed by atoms with van der Waals surface area (Å²) in [7, 11) is 0. The zero-order chi connectivity index (χ0) is 12.8. The van der Waals surface area contributed by atoms with Crippen LogP contribution in [0, 0.1) is 0 Å². The van der Waals surface area contributed by atoms with Crippen molar-refractivity contribution in [1.82, 2.24) is 10.5 Å². The van der Waals surface area contributed by atoms with E-state index in [2.05, 4.69) is 10.5 Å². The van der Waals surface area contributed by atoms with Gasteiger partial charge in [-0.15, -0.1) is 0 Å². The number of aromatic nitrogens is 1. The molecule has 1 heterocycles. The minimum absolute atomic E-state index is 0.353. The van der Waals surface area contributed by atoms with Gasteiger partial charge in [-0.1, -0.05) is 35.5 Å². The number of carbonyl (C=O) groups is 1. The minimum Gasteiger partial charge on any atom is -0.481 e. The topological polar surface area (TPSA) is 75.4 Å². The Balaban J connectivity index is 1.93. The summed E-state index contributed by atoms with van der Waals surface area (Å²) < 4.78 is 4.70. The van der Waals surface area contributed by atoms with E-state index in [0.29, 0.717) is 13.1 Å². The van der Waals surface area contributed by atoms with Gasteiger partial charge in [0.05, 0.1) is 11.6 Å². The van der Waals surface area contributed by atoms with Crippen molar-refractivity contribution in [2.75, 3.05) is 6.54 Å². The van der Waals surface area contributed by atoms with E-state index in [1.807, 2.05) is 30.3 Å². The molecule has 18 heavy (non-hydrogen) atoms. The monoisotopic (exact) mass is 246 g/mol. The Kier molecular flexibility index (Phi) is 4.09. The molecule has 2 N–H and O–H groups in total. The lowest BCUT2D eigenvalue weighted by Crippen LogP contribution is -2.26. The highest BCUT2D eigenvalue weighted by Gasteiger charge is 2.18. The number of nitrogens with one attached hydrogen (secondary N) is 1. The number of benzene rings is 1. The van der Waals surface area contributed by atoms with Gasteiger partial charge in [0.15, 0.2) is 0 Å². The molecule has 5 heteroatoms. The van der Waals surface area contributed by atoms with E-state index < -0.39 is 11.9 Å². The maximum atomic E-state index is 11.2. The van der Waals surface area contributed by atoms with Crippen molar-refractivity contribution in [3.63, 3.8) is 0 Å². The van der Waals surface area contributed by atoms with E-state index in [0.717, 1.165) is 11.3 Å². The van der Waals surface area contributed by atoms with Gasteiger partial charge < -0.3 is 14.9 Å². The van der Waals surface area contributed by atoms with Crippen LogP contribution < -0.4 is 5.32 Å². The molecule has 94 valence electrons. The first-order valence-corrected chi connectivity index (χ1v) is 5.65. The lowest BCUT2D eigenvalue weighted by atomic mass is 9.99. The van der Waals surface area contributed by atoms with Crippen LogP contribution in [0.15, 0.2) is 47.2 Å². The predicted molar refractivity (Wildman–Crippen MR) is 65.0 cm³/mol. The Bertz CT molecular complexity index is 482. The second-order valence-electron chi connectivity index (χ2n) is 3.92. The molecule has 0 fully saturated rings. The maximum absolute atomic E-state index is 11.2. The molecular weight excluding hydrogens is 232 g/mol. The van der Waals surface area contributed by atoms with Crippen LogP contribution in [0.3, 0.4) is 0 Å². The summed E-state index contributed by atoms with van der Waals surface area (Å²) in [6.45, 7) is 0.847. The Morgan fingerprint density at radius 2 is 2.11 bits per heavy atom. The van der Waals surface area contributed by atoms with E-state index in [1.54, 1.807) is 6.07 Å². The van der Waals surface area contributed by atoms with E-state index >= 15 is 0 Å². The third-order valence-corrected chi connectivity index (χ3v) is 2.65. The van der Waals surface area contributed by atoms with Gasteiger partial charge in [-0.3, -0.25) is 4.79 Å². The van der Waals surface area contributed by atoms with Gasteiger partial charge in [-0.2, -0.15) is 0 Å². The van der Waals surface area contributed by atoms with Crippen LogP contribution in [-0.2, 0) is 11.3 Å². The van der Waals surface area contributed by atoms with Gasteiger partial charge in [0.1, 0.15) is 6.26 Å². The van der Waals surface area contributed by atoms with Crippen molar-refractivity contribution in [2.45, 2.75) is 12.5 Å². The number of nitrogens with zero attached hydrogens (tertiary/aromatic N) is 1. The largest absolute Gasteiger partial charge is 0.481 e. The molecular formula is C13H14N2O3. The third-order valence-electron chi connectivity index (χ3n) is 2.65. The number of carboxylic acids is 1. The average molecular weight is 246 g/mol. The summed E-state index contributed by atoms with van der Waals surface area (Å²) >= 11 is 0. The second kappa shape index (κ2) is 5.97. The third kappa shape index (κ3) is 3.18. The van der Waals surface area contributed by atoms with Gasteiger partial charge in [-0.05, 0) is 5.56 Å². The summed E-state index contributed by atoms with van der Waals surface area (Å²) in [4.78, 5) is 11.2. The fraction of sp³-hybridized carbons (Fsp3) is 0.231. The fourth-order valence-corrected chi connectivity index (χ4v) is 1.71. The minimum atomic E-state index is -0.839. The van der Waals surface area contributed by atoms with E-state index in [-0.39, 0.29) is 0 Å². The van der Waals surface area contributed by atoms with Gasteiger partial charge in [0.25, 0.3) is 0 Å². The molecule has 1 aromatic heterocycles. The Labute approximate surface area is 104 Å². The molecule has 0 spiro atoms. The molecule has 1 unspecified atom stereocenters. The van der Waals surface area contributed by atoms with Crippen molar-refractivity contribution in [2.24, 2.45) is 0 Å². The van der Waals surface area contributed by atoms with Gasteiger partial charge in [0, 0.05) is 19.2 Å². The van der Waals surface area contributed by atoms with Crippen LogP contribution >= 0.6 is 0 Å². The normalized spacial score (nSPS) is 12.2. The van der Waals surface area contributed by atoms with Crippen molar-refractivity contribution in [3.05, 3.63) is 53.9 Å².